The van der Waals surface area contributed by atoms with E-state index in [0.29, 0.717) is 5.92 Å². The van der Waals surface area contributed by atoms with E-state index in [2.05, 4.69) is 150 Å². The lowest BCUT2D eigenvalue weighted by Gasteiger charge is -2.26. The van der Waals surface area contributed by atoms with Crippen molar-refractivity contribution in [2.45, 2.75) is 38.0 Å². The highest BCUT2D eigenvalue weighted by Crippen LogP contribution is 2.46. The average molecular weight is 650 g/mol. The minimum absolute atomic E-state index is 0.563. The van der Waals surface area contributed by atoms with Crippen molar-refractivity contribution in [2.24, 2.45) is 0 Å². The van der Waals surface area contributed by atoms with Crippen LogP contribution in [0.3, 0.4) is 0 Å². The number of fused-ring (bicyclic) bond motifs is 7. The number of furan rings is 1. The molecule has 2 aromatic heterocycles. The van der Waals surface area contributed by atoms with Gasteiger partial charge in [0.05, 0.1) is 5.69 Å². The summed E-state index contributed by atoms with van der Waals surface area (Å²) in [7, 11) is 0. The van der Waals surface area contributed by atoms with Crippen LogP contribution in [0, 0.1) is 0 Å². The van der Waals surface area contributed by atoms with E-state index in [1.165, 1.54) is 90.5 Å². The van der Waals surface area contributed by atoms with Crippen molar-refractivity contribution >= 4 is 81.3 Å². The lowest BCUT2D eigenvalue weighted by Crippen LogP contribution is -2.10. The summed E-state index contributed by atoms with van der Waals surface area (Å²) >= 11 is 1.86. The molecule has 0 unspecified atom stereocenters. The standard InChI is InChI=1S/C46H35NOS/c1-2-11-31(12-3-1)37-18-9-19-39-40-20-10-21-42(46(40)48-45(37)39)47(34-27-28-44-41(29-34)38-16-6-7-22-43(38)49-44)33-25-23-32(24-26-33)36-17-8-14-30-13-4-5-15-35(30)36/h4-10,13-29,31H,1-3,11-12H2. The summed E-state index contributed by atoms with van der Waals surface area (Å²) in [5, 5.41) is 7.49. The predicted molar refractivity (Wildman–Crippen MR) is 210 cm³/mol. The van der Waals surface area contributed by atoms with Gasteiger partial charge in [0, 0.05) is 42.3 Å². The van der Waals surface area contributed by atoms with Crippen molar-refractivity contribution in [3.05, 3.63) is 151 Å². The number of rotatable bonds is 5. The zero-order valence-electron chi connectivity index (χ0n) is 27.2. The summed E-state index contributed by atoms with van der Waals surface area (Å²) in [6, 6.07) is 53.3. The summed E-state index contributed by atoms with van der Waals surface area (Å²) in [5.74, 6) is 0.563. The molecule has 1 aliphatic carbocycles. The summed E-state index contributed by atoms with van der Waals surface area (Å²) in [6.45, 7) is 0. The number of nitrogens with zero attached hydrogens (tertiary/aromatic N) is 1. The van der Waals surface area contributed by atoms with Crippen LogP contribution < -0.4 is 4.90 Å². The largest absolute Gasteiger partial charge is 0.454 e. The second kappa shape index (κ2) is 11.6. The molecule has 0 atom stereocenters. The molecule has 9 aromatic rings. The Balaban J connectivity index is 1.18. The van der Waals surface area contributed by atoms with Gasteiger partial charge < -0.3 is 9.32 Å². The van der Waals surface area contributed by atoms with Crippen molar-refractivity contribution < 1.29 is 4.42 Å². The molecule has 3 heteroatoms. The summed E-state index contributed by atoms with van der Waals surface area (Å²) in [5.41, 5.74) is 9.10. The topological polar surface area (TPSA) is 16.4 Å². The number of para-hydroxylation sites is 2. The molecule has 0 aliphatic heterocycles. The van der Waals surface area contributed by atoms with E-state index in [4.69, 9.17) is 4.42 Å². The van der Waals surface area contributed by atoms with Crippen LogP contribution in [0.4, 0.5) is 17.1 Å². The number of hydrogen-bond acceptors (Lipinski definition) is 3. The van der Waals surface area contributed by atoms with Gasteiger partial charge in [0.15, 0.2) is 5.58 Å². The van der Waals surface area contributed by atoms with E-state index >= 15 is 0 Å². The van der Waals surface area contributed by atoms with Gasteiger partial charge >= 0.3 is 0 Å². The van der Waals surface area contributed by atoms with E-state index in [0.717, 1.165) is 28.2 Å². The Labute approximate surface area is 289 Å². The summed E-state index contributed by atoms with van der Waals surface area (Å²) < 4.78 is 9.65. The predicted octanol–water partition coefficient (Wildman–Crippen LogP) is 14.3. The maximum absolute atomic E-state index is 7.04. The van der Waals surface area contributed by atoms with E-state index in [1.54, 1.807) is 0 Å². The molecule has 1 aliphatic rings. The van der Waals surface area contributed by atoms with Gasteiger partial charge in [-0.3, -0.25) is 0 Å². The molecular weight excluding hydrogens is 615 g/mol. The third-order valence-electron chi connectivity index (χ3n) is 10.7. The third kappa shape index (κ3) is 4.75. The van der Waals surface area contributed by atoms with Crippen LogP contribution in [-0.2, 0) is 0 Å². The molecular formula is C46H35NOS. The second-order valence-corrected chi connectivity index (χ2v) is 14.6. The fraction of sp³-hybridized carbons (Fsp3) is 0.130. The molecule has 0 spiro atoms. The van der Waals surface area contributed by atoms with Crippen molar-refractivity contribution in [3.63, 3.8) is 0 Å². The van der Waals surface area contributed by atoms with Crippen LogP contribution in [0.1, 0.15) is 43.6 Å². The first kappa shape index (κ1) is 28.6. The monoisotopic (exact) mass is 649 g/mol. The number of thiophene rings is 1. The molecule has 0 radical (unpaired) electrons. The smallest absolute Gasteiger partial charge is 0.159 e. The van der Waals surface area contributed by atoms with Gasteiger partial charge in [0.2, 0.25) is 0 Å². The van der Waals surface area contributed by atoms with Gasteiger partial charge in [0.1, 0.15) is 5.58 Å². The van der Waals surface area contributed by atoms with Crippen molar-refractivity contribution in [3.8, 4) is 11.1 Å². The van der Waals surface area contributed by atoms with Crippen molar-refractivity contribution in [1.82, 2.24) is 0 Å². The molecule has 0 saturated heterocycles. The SMILES string of the molecule is c1ccc2c(-c3ccc(N(c4ccc5sc6ccccc6c5c4)c4cccc5c4oc4c(C6CCCCC6)cccc45)cc3)cccc2c1. The van der Waals surface area contributed by atoms with Gasteiger partial charge in [-0.1, -0.05) is 122 Å². The van der Waals surface area contributed by atoms with Crippen molar-refractivity contribution in [1.29, 1.82) is 0 Å². The van der Waals surface area contributed by atoms with Crippen molar-refractivity contribution in [2.75, 3.05) is 4.90 Å². The Morgan fingerprint density at radius 1 is 0.510 bits per heavy atom. The van der Waals surface area contributed by atoms with Crippen LogP contribution in [0.5, 0.6) is 0 Å². The Hall–Kier alpha value is -5.38. The Morgan fingerprint density at radius 2 is 1.18 bits per heavy atom. The lowest BCUT2D eigenvalue weighted by molar-refractivity contribution is 0.442. The molecule has 1 saturated carbocycles. The molecule has 0 N–H and O–H groups in total. The maximum atomic E-state index is 7.04. The minimum Gasteiger partial charge on any atom is -0.454 e. The fourth-order valence-corrected chi connectivity index (χ4v) is 9.37. The molecule has 0 amide bonds. The van der Waals surface area contributed by atoms with E-state index < -0.39 is 0 Å². The van der Waals surface area contributed by atoms with Crippen LogP contribution >= 0.6 is 11.3 Å². The van der Waals surface area contributed by atoms with E-state index in [9.17, 15) is 0 Å². The maximum Gasteiger partial charge on any atom is 0.159 e. The molecule has 2 heterocycles. The minimum atomic E-state index is 0.563. The highest BCUT2D eigenvalue weighted by atomic mass is 32.1. The molecule has 236 valence electrons. The molecule has 1 fully saturated rings. The summed E-state index contributed by atoms with van der Waals surface area (Å²) in [6.07, 6.45) is 6.43. The van der Waals surface area contributed by atoms with Gasteiger partial charge in [-0.25, -0.2) is 0 Å². The van der Waals surface area contributed by atoms with Gasteiger partial charge in [-0.05, 0) is 88.7 Å². The number of benzene rings is 7. The highest BCUT2D eigenvalue weighted by Gasteiger charge is 2.24. The normalized spacial score (nSPS) is 14.0. The zero-order chi connectivity index (χ0) is 32.3. The average Bonchev–Trinajstić information content (AvgIpc) is 3.74. The first-order valence-corrected chi connectivity index (χ1v) is 18.4. The summed E-state index contributed by atoms with van der Waals surface area (Å²) in [4.78, 5) is 2.39. The quantitative estimate of drug-likeness (QED) is 0.184. The first-order chi connectivity index (χ1) is 24.3. The van der Waals surface area contributed by atoms with E-state index in [-0.39, 0.29) is 0 Å². The third-order valence-corrected chi connectivity index (χ3v) is 11.8. The highest BCUT2D eigenvalue weighted by molar-refractivity contribution is 7.25. The number of anilines is 3. The zero-order valence-corrected chi connectivity index (χ0v) is 28.0. The Kier molecular flexibility index (Phi) is 6.80. The molecule has 7 aromatic carbocycles. The van der Waals surface area contributed by atoms with Gasteiger partial charge in [-0.2, -0.15) is 0 Å². The lowest BCUT2D eigenvalue weighted by atomic mass is 9.83. The molecule has 49 heavy (non-hydrogen) atoms. The fourth-order valence-electron chi connectivity index (χ4n) is 8.29. The Morgan fingerprint density at radius 3 is 2.06 bits per heavy atom. The molecule has 10 rings (SSSR count). The van der Waals surface area contributed by atoms with Crippen LogP contribution in [0.2, 0.25) is 0 Å². The van der Waals surface area contributed by atoms with Crippen LogP contribution in [0.15, 0.2) is 150 Å². The molecule has 2 nitrogen and oxygen atoms in total. The first-order valence-electron chi connectivity index (χ1n) is 17.5. The molecule has 0 bridgehead atoms. The van der Waals surface area contributed by atoms with E-state index in [1.807, 2.05) is 11.3 Å². The number of hydrogen-bond donors (Lipinski definition) is 0. The van der Waals surface area contributed by atoms with Gasteiger partial charge in [0.25, 0.3) is 0 Å². The van der Waals surface area contributed by atoms with Crippen LogP contribution in [-0.4, -0.2) is 0 Å². The van der Waals surface area contributed by atoms with Crippen LogP contribution in [0.25, 0.3) is 64.0 Å². The van der Waals surface area contributed by atoms with Gasteiger partial charge in [-0.15, -0.1) is 11.3 Å². The second-order valence-electron chi connectivity index (χ2n) is 13.5. The Bertz CT molecular complexity index is 2650.